The third-order valence-electron chi connectivity index (χ3n) is 5.13. The Labute approximate surface area is 157 Å². The zero-order valence-corrected chi connectivity index (χ0v) is 15.4. The minimum atomic E-state index is -0.383. The average molecular weight is 383 g/mol. The largest absolute Gasteiger partial charge is 0.492 e. The molecule has 0 saturated carbocycles. The van der Waals surface area contributed by atoms with Crippen LogP contribution in [0.1, 0.15) is 38.5 Å². The number of likely N-dealkylation sites (tertiary alicyclic amines) is 1. The van der Waals surface area contributed by atoms with Gasteiger partial charge >= 0.3 is 0 Å². The van der Waals surface area contributed by atoms with Gasteiger partial charge in [-0.2, -0.15) is 0 Å². The van der Waals surface area contributed by atoms with Gasteiger partial charge < -0.3 is 15.0 Å². The van der Waals surface area contributed by atoms with Crippen molar-refractivity contribution >= 4 is 23.4 Å². The Kier molecular flexibility index (Phi) is 6.35. The van der Waals surface area contributed by atoms with Crippen LogP contribution in [0.15, 0.2) is 18.2 Å². The molecule has 1 aromatic rings. The maximum atomic E-state index is 13.0. The second kappa shape index (κ2) is 8.71. The molecule has 1 unspecified atom stereocenters. The first-order valence-corrected chi connectivity index (χ1v) is 9.54. The minimum Gasteiger partial charge on any atom is -0.492 e. The van der Waals surface area contributed by atoms with Crippen molar-refractivity contribution in [1.29, 1.82) is 0 Å². The second-order valence-electron chi connectivity index (χ2n) is 7.05. The Balaban J connectivity index is 1.37. The Bertz CT molecular complexity index is 662. The monoisotopic (exact) mass is 382 g/mol. The molecule has 0 radical (unpaired) electrons. The number of benzene rings is 1. The second-order valence-corrected chi connectivity index (χ2v) is 7.46. The van der Waals surface area contributed by atoms with Gasteiger partial charge in [0.15, 0.2) is 0 Å². The molecule has 3 rings (SSSR count). The summed E-state index contributed by atoms with van der Waals surface area (Å²) in [6.45, 7) is 1.96. The fourth-order valence-corrected chi connectivity index (χ4v) is 3.72. The number of nitrogens with zero attached hydrogens (tertiary/aromatic N) is 1. The molecule has 1 N–H and O–H groups in total. The van der Waals surface area contributed by atoms with E-state index in [9.17, 15) is 14.0 Å². The number of amides is 2. The molecule has 1 atom stereocenters. The number of piperidine rings is 1. The van der Waals surface area contributed by atoms with E-state index >= 15 is 0 Å². The maximum Gasteiger partial charge on any atom is 0.222 e. The number of hydrogen-bond acceptors (Lipinski definition) is 3. The molecular weight excluding hydrogens is 359 g/mol. The number of carbonyl (C=O) groups excluding carboxylic acids is 2. The van der Waals surface area contributed by atoms with Crippen molar-refractivity contribution in [3.63, 3.8) is 0 Å². The van der Waals surface area contributed by atoms with Gasteiger partial charge in [0, 0.05) is 32.0 Å². The molecule has 0 spiro atoms. The maximum absolute atomic E-state index is 13.0. The molecule has 2 aliphatic rings. The summed E-state index contributed by atoms with van der Waals surface area (Å²) in [5, 5.41) is 3.17. The van der Waals surface area contributed by atoms with Crippen LogP contribution in [-0.2, 0) is 9.59 Å². The zero-order valence-electron chi connectivity index (χ0n) is 14.7. The highest BCUT2D eigenvalue weighted by Crippen LogP contribution is 2.27. The van der Waals surface area contributed by atoms with Gasteiger partial charge in [0.05, 0.1) is 11.6 Å². The highest BCUT2D eigenvalue weighted by Gasteiger charge is 2.25. The Morgan fingerprint density at radius 3 is 2.73 bits per heavy atom. The van der Waals surface area contributed by atoms with Crippen LogP contribution in [0.5, 0.6) is 5.75 Å². The molecule has 7 heteroatoms. The first kappa shape index (κ1) is 19.0. The van der Waals surface area contributed by atoms with E-state index in [0.717, 1.165) is 38.8 Å². The van der Waals surface area contributed by atoms with Gasteiger partial charge in [0.1, 0.15) is 11.6 Å². The normalized spacial score (nSPS) is 20.9. The van der Waals surface area contributed by atoms with Crippen molar-refractivity contribution in [2.24, 2.45) is 5.92 Å². The van der Waals surface area contributed by atoms with Gasteiger partial charge in [-0.3, -0.25) is 9.59 Å². The van der Waals surface area contributed by atoms with Gasteiger partial charge in [-0.25, -0.2) is 4.39 Å². The SMILES string of the molecule is O=C1CCC(CCC(=O)N2CCC(COc3ccc(F)cc3Cl)CC2)N1. The summed E-state index contributed by atoms with van der Waals surface area (Å²) < 4.78 is 18.8. The van der Waals surface area contributed by atoms with Crippen LogP contribution < -0.4 is 10.1 Å². The smallest absolute Gasteiger partial charge is 0.222 e. The zero-order chi connectivity index (χ0) is 18.5. The third-order valence-corrected chi connectivity index (χ3v) is 5.42. The van der Waals surface area contributed by atoms with Gasteiger partial charge in [-0.05, 0) is 49.8 Å². The van der Waals surface area contributed by atoms with Crippen molar-refractivity contribution in [1.82, 2.24) is 10.2 Å². The number of hydrogen-bond donors (Lipinski definition) is 1. The first-order valence-electron chi connectivity index (χ1n) is 9.16. The van der Waals surface area contributed by atoms with Crippen molar-refractivity contribution in [3.05, 3.63) is 29.0 Å². The number of rotatable bonds is 6. The standard InChI is InChI=1S/C19H24ClFN2O3/c20-16-11-14(21)1-4-17(16)26-12-13-7-9-23(10-8-13)19(25)6-3-15-2-5-18(24)22-15/h1,4,11,13,15H,2-3,5-10,12H2,(H,22,24). The summed E-state index contributed by atoms with van der Waals surface area (Å²) in [7, 11) is 0. The molecule has 5 nitrogen and oxygen atoms in total. The van der Waals surface area contributed by atoms with Crippen LogP contribution in [0.25, 0.3) is 0 Å². The quantitative estimate of drug-likeness (QED) is 0.822. The molecule has 2 amide bonds. The van der Waals surface area contributed by atoms with E-state index in [1.54, 1.807) is 0 Å². The van der Waals surface area contributed by atoms with Crippen LogP contribution in [0.4, 0.5) is 4.39 Å². The summed E-state index contributed by atoms with van der Waals surface area (Å²) >= 11 is 5.97. The summed E-state index contributed by atoms with van der Waals surface area (Å²) in [5.41, 5.74) is 0. The Morgan fingerprint density at radius 1 is 1.31 bits per heavy atom. The summed E-state index contributed by atoms with van der Waals surface area (Å²) in [6, 6.07) is 4.26. The highest BCUT2D eigenvalue weighted by molar-refractivity contribution is 6.32. The number of ether oxygens (including phenoxy) is 1. The number of nitrogens with one attached hydrogen (secondary N) is 1. The van der Waals surface area contributed by atoms with Crippen molar-refractivity contribution in [3.8, 4) is 5.75 Å². The molecule has 26 heavy (non-hydrogen) atoms. The number of halogens is 2. The fraction of sp³-hybridized carbons (Fsp3) is 0.579. The van der Waals surface area contributed by atoms with Crippen LogP contribution in [0, 0.1) is 11.7 Å². The minimum absolute atomic E-state index is 0.0875. The van der Waals surface area contributed by atoms with E-state index in [1.807, 2.05) is 4.90 Å². The van der Waals surface area contributed by atoms with Crippen LogP contribution in [0.3, 0.4) is 0 Å². The molecule has 2 heterocycles. The van der Waals surface area contributed by atoms with E-state index in [0.29, 0.717) is 31.1 Å². The average Bonchev–Trinajstić information content (AvgIpc) is 3.05. The molecule has 0 aromatic heterocycles. The molecule has 0 bridgehead atoms. The lowest BCUT2D eigenvalue weighted by Gasteiger charge is -2.32. The van der Waals surface area contributed by atoms with Gasteiger partial charge in [0.25, 0.3) is 0 Å². The first-order chi connectivity index (χ1) is 12.5. The van der Waals surface area contributed by atoms with Gasteiger partial charge in [0.2, 0.25) is 11.8 Å². The highest BCUT2D eigenvalue weighted by atomic mass is 35.5. The lowest BCUT2D eigenvalue weighted by molar-refractivity contribution is -0.133. The molecule has 0 aliphatic carbocycles. The summed E-state index contributed by atoms with van der Waals surface area (Å²) in [4.78, 5) is 25.4. The predicted octanol–water partition coefficient (Wildman–Crippen LogP) is 3.16. The van der Waals surface area contributed by atoms with E-state index in [2.05, 4.69) is 5.32 Å². The van der Waals surface area contributed by atoms with Crippen LogP contribution in [0.2, 0.25) is 5.02 Å². The van der Waals surface area contributed by atoms with Gasteiger partial charge in [-0.1, -0.05) is 11.6 Å². The Morgan fingerprint density at radius 2 is 2.08 bits per heavy atom. The molecule has 2 saturated heterocycles. The molecule has 2 aliphatic heterocycles. The van der Waals surface area contributed by atoms with Gasteiger partial charge in [-0.15, -0.1) is 0 Å². The summed E-state index contributed by atoms with van der Waals surface area (Å²) in [6.07, 6.45) is 4.36. The molecule has 2 fully saturated rings. The van der Waals surface area contributed by atoms with E-state index in [1.165, 1.54) is 18.2 Å². The van der Waals surface area contributed by atoms with E-state index in [-0.39, 0.29) is 28.7 Å². The third kappa shape index (κ3) is 5.10. The van der Waals surface area contributed by atoms with Crippen molar-refractivity contribution in [2.75, 3.05) is 19.7 Å². The predicted molar refractivity (Wildman–Crippen MR) is 96.6 cm³/mol. The van der Waals surface area contributed by atoms with E-state index < -0.39 is 0 Å². The van der Waals surface area contributed by atoms with Crippen molar-refractivity contribution in [2.45, 2.75) is 44.6 Å². The topological polar surface area (TPSA) is 58.6 Å². The Hall–Kier alpha value is -1.82. The molecule has 1 aromatic carbocycles. The summed E-state index contributed by atoms with van der Waals surface area (Å²) in [5.74, 6) is 0.711. The van der Waals surface area contributed by atoms with Crippen LogP contribution in [-0.4, -0.2) is 42.5 Å². The molecular formula is C19H24ClFN2O3. The lowest BCUT2D eigenvalue weighted by atomic mass is 9.97. The van der Waals surface area contributed by atoms with Crippen LogP contribution >= 0.6 is 11.6 Å². The fourth-order valence-electron chi connectivity index (χ4n) is 3.50. The lowest BCUT2D eigenvalue weighted by Crippen LogP contribution is -2.40. The van der Waals surface area contributed by atoms with E-state index in [4.69, 9.17) is 16.3 Å². The van der Waals surface area contributed by atoms with Crippen molar-refractivity contribution < 1.29 is 18.7 Å². The number of carbonyl (C=O) groups is 2. The molecule has 142 valence electrons.